The SMILES string of the molecule is Cc1cc(NC(=O)CCC2CCCC2)cnc1Br. The molecule has 2 rings (SSSR count). The molecule has 1 heterocycles. The Bertz CT molecular complexity index is 428. The van der Waals surface area contributed by atoms with E-state index in [1.54, 1.807) is 6.20 Å². The minimum Gasteiger partial charge on any atom is -0.325 e. The molecule has 1 amide bonds. The Morgan fingerprint density at radius 2 is 2.22 bits per heavy atom. The number of halogens is 1. The summed E-state index contributed by atoms with van der Waals surface area (Å²) in [6, 6.07) is 1.94. The summed E-state index contributed by atoms with van der Waals surface area (Å²) in [6.07, 6.45) is 8.60. The first-order valence-corrected chi connectivity index (χ1v) is 7.36. The van der Waals surface area contributed by atoms with Gasteiger partial charge in [0.15, 0.2) is 0 Å². The van der Waals surface area contributed by atoms with Crippen molar-refractivity contribution in [2.45, 2.75) is 45.4 Å². The van der Waals surface area contributed by atoms with Crippen LogP contribution in [0.2, 0.25) is 0 Å². The summed E-state index contributed by atoms with van der Waals surface area (Å²) in [6.45, 7) is 1.96. The summed E-state index contributed by atoms with van der Waals surface area (Å²) in [7, 11) is 0. The standard InChI is InChI=1S/C14H19BrN2O/c1-10-8-12(9-16-14(10)15)17-13(18)7-6-11-4-2-3-5-11/h8-9,11H,2-7H2,1H3,(H,17,18). The highest BCUT2D eigenvalue weighted by molar-refractivity contribution is 9.10. The van der Waals surface area contributed by atoms with Crippen molar-refractivity contribution in [2.24, 2.45) is 5.92 Å². The van der Waals surface area contributed by atoms with Gasteiger partial charge in [-0.1, -0.05) is 25.7 Å². The van der Waals surface area contributed by atoms with Gasteiger partial charge >= 0.3 is 0 Å². The largest absolute Gasteiger partial charge is 0.325 e. The van der Waals surface area contributed by atoms with Gasteiger partial charge in [-0.3, -0.25) is 4.79 Å². The van der Waals surface area contributed by atoms with Crippen LogP contribution in [0.1, 0.15) is 44.1 Å². The second-order valence-corrected chi connectivity index (χ2v) is 5.82. The van der Waals surface area contributed by atoms with Crippen LogP contribution in [0.15, 0.2) is 16.9 Å². The normalized spacial score (nSPS) is 15.9. The van der Waals surface area contributed by atoms with Crippen LogP contribution in [-0.4, -0.2) is 10.9 Å². The molecule has 0 bridgehead atoms. The third kappa shape index (κ3) is 3.80. The predicted molar refractivity (Wildman–Crippen MR) is 76.5 cm³/mol. The van der Waals surface area contributed by atoms with E-state index >= 15 is 0 Å². The lowest BCUT2D eigenvalue weighted by molar-refractivity contribution is -0.116. The van der Waals surface area contributed by atoms with Crippen LogP contribution in [-0.2, 0) is 4.79 Å². The maximum absolute atomic E-state index is 11.8. The van der Waals surface area contributed by atoms with Crippen LogP contribution in [0.5, 0.6) is 0 Å². The number of carbonyl (C=O) groups is 1. The molecule has 0 unspecified atom stereocenters. The first-order valence-electron chi connectivity index (χ1n) is 6.57. The van der Waals surface area contributed by atoms with E-state index in [0.717, 1.165) is 28.2 Å². The monoisotopic (exact) mass is 310 g/mol. The smallest absolute Gasteiger partial charge is 0.224 e. The Morgan fingerprint density at radius 3 is 2.89 bits per heavy atom. The molecule has 0 aromatic carbocycles. The van der Waals surface area contributed by atoms with E-state index in [2.05, 4.69) is 26.2 Å². The Morgan fingerprint density at radius 1 is 1.50 bits per heavy atom. The number of aryl methyl sites for hydroxylation is 1. The third-order valence-electron chi connectivity index (χ3n) is 3.55. The van der Waals surface area contributed by atoms with E-state index in [1.807, 2.05) is 13.0 Å². The number of amides is 1. The molecule has 1 saturated carbocycles. The van der Waals surface area contributed by atoms with Crippen molar-refractivity contribution in [1.29, 1.82) is 0 Å². The lowest BCUT2D eigenvalue weighted by Gasteiger charge is -2.09. The van der Waals surface area contributed by atoms with Crippen LogP contribution in [0.3, 0.4) is 0 Å². The Labute approximate surface area is 117 Å². The van der Waals surface area contributed by atoms with Gasteiger partial charge in [0.25, 0.3) is 0 Å². The molecule has 1 aromatic rings. The summed E-state index contributed by atoms with van der Waals surface area (Å²) in [5, 5.41) is 2.91. The zero-order valence-electron chi connectivity index (χ0n) is 10.7. The number of carbonyl (C=O) groups excluding carboxylic acids is 1. The first kappa shape index (κ1) is 13.5. The Kier molecular flexibility index (Phi) is 4.75. The fourth-order valence-corrected chi connectivity index (χ4v) is 2.70. The van der Waals surface area contributed by atoms with Gasteiger partial charge in [-0.25, -0.2) is 4.98 Å². The van der Waals surface area contributed by atoms with Crippen LogP contribution in [0.25, 0.3) is 0 Å². The molecule has 0 aliphatic heterocycles. The molecular weight excluding hydrogens is 292 g/mol. The quantitative estimate of drug-likeness (QED) is 0.852. The highest BCUT2D eigenvalue weighted by Gasteiger charge is 2.16. The van der Waals surface area contributed by atoms with Gasteiger partial charge in [-0.2, -0.15) is 0 Å². The van der Waals surface area contributed by atoms with E-state index < -0.39 is 0 Å². The summed E-state index contributed by atoms with van der Waals surface area (Å²) >= 11 is 3.35. The fourth-order valence-electron chi connectivity index (χ4n) is 2.48. The van der Waals surface area contributed by atoms with E-state index in [1.165, 1.54) is 25.7 Å². The van der Waals surface area contributed by atoms with Crippen molar-refractivity contribution in [3.8, 4) is 0 Å². The highest BCUT2D eigenvalue weighted by atomic mass is 79.9. The molecule has 1 fully saturated rings. The fraction of sp³-hybridized carbons (Fsp3) is 0.571. The Balaban J connectivity index is 1.80. The average Bonchev–Trinajstić information content (AvgIpc) is 2.84. The average molecular weight is 311 g/mol. The highest BCUT2D eigenvalue weighted by Crippen LogP contribution is 2.28. The van der Waals surface area contributed by atoms with Gasteiger partial charge in [0, 0.05) is 6.42 Å². The van der Waals surface area contributed by atoms with Crippen molar-refractivity contribution < 1.29 is 4.79 Å². The molecule has 3 nitrogen and oxygen atoms in total. The number of aromatic nitrogens is 1. The van der Waals surface area contributed by atoms with Gasteiger partial charge in [-0.05, 0) is 46.8 Å². The maximum Gasteiger partial charge on any atom is 0.224 e. The number of pyridine rings is 1. The molecule has 18 heavy (non-hydrogen) atoms. The summed E-state index contributed by atoms with van der Waals surface area (Å²) in [5.41, 5.74) is 1.82. The molecule has 1 aliphatic carbocycles. The van der Waals surface area contributed by atoms with Gasteiger partial charge in [-0.15, -0.1) is 0 Å². The van der Waals surface area contributed by atoms with E-state index in [9.17, 15) is 4.79 Å². The molecule has 0 spiro atoms. The van der Waals surface area contributed by atoms with Crippen molar-refractivity contribution in [2.75, 3.05) is 5.32 Å². The maximum atomic E-state index is 11.8. The molecule has 1 N–H and O–H groups in total. The van der Waals surface area contributed by atoms with Gasteiger partial charge in [0.05, 0.1) is 11.9 Å². The molecule has 1 aromatic heterocycles. The molecule has 0 saturated heterocycles. The van der Waals surface area contributed by atoms with Crippen LogP contribution in [0.4, 0.5) is 5.69 Å². The lowest BCUT2D eigenvalue weighted by atomic mass is 10.0. The number of hydrogen-bond donors (Lipinski definition) is 1. The number of rotatable bonds is 4. The molecular formula is C14H19BrN2O. The van der Waals surface area contributed by atoms with E-state index in [0.29, 0.717) is 6.42 Å². The summed E-state index contributed by atoms with van der Waals surface area (Å²) < 4.78 is 0.825. The van der Waals surface area contributed by atoms with Gasteiger partial charge in [0.2, 0.25) is 5.91 Å². The third-order valence-corrected chi connectivity index (χ3v) is 4.38. The zero-order chi connectivity index (χ0) is 13.0. The molecule has 98 valence electrons. The number of anilines is 1. The topological polar surface area (TPSA) is 42.0 Å². The van der Waals surface area contributed by atoms with Gasteiger partial charge < -0.3 is 5.32 Å². The van der Waals surface area contributed by atoms with Gasteiger partial charge in [0.1, 0.15) is 4.60 Å². The zero-order valence-corrected chi connectivity index (χ0v) is 12.3. The van der Waals surface area contributed by atoms with Crippen LogP contribution >= 0.6 is 15.9 Å². The summed E-state index contributed by atoms with van der Waals surface area (Å²) in [4.78, 5) is 16.0. The summed E-state index contributed by atoms with van der Waals surface area (Å²) in [5.74, 6) is 0.867. The van der Waals surface area contributed by atoms with Crippen LogP contribution in [0, 0.1) is 12.8 Å². The Hall–Kier alpha value is -0.900. The van der Waals surface area contributed by atoms with Crippen LogP contribution < -0.4 is 5.32 Å². The molecule has 0 atom stereocenters. The molecule has 0 radical (unpaired) electrons. The minimum absolute atomic E-state index is 0.102. The van der Waals surface area contributed by atoms with Crippen molar-refractivity contribution in [1.82, 2.24) is 4.98 Å². The van der Waals surface area contributed by atoms with E-state index in [4.69, 9.17) is 0 Å². The number of hydrogen-bond acceptors (Lipinski definition) is 2. The molecule has 1 aliphatic rings. The number of nitrogens with one attached hydrogen (secondary N) is 1. The second kappa shape index (κ2) is 6.32. The van der Waals surface area contributed by atoms with E-state index in [-0.39, 0.29) is 5.91 Å². The molecule has 4 heteroatoms. The lowest BCUT2D eigenvalue weighted by Crippen LogP contribution is -2.13. The first-order chi connectivity index (χ1) is 8.65. The van der Waals surface area contributed by atoms with Crippen molar-refractivity contribution >= 4 is 27.5 Å². The second-order valence-electron chi connectivity index (χ2n) is 5.07. The predicted octanol–water partition coefficient (Wildman–Crippen LogP) is 4.06. The van der Waals surface area contributed by atoms with Crippen molar-refractivity contribution in [3.05, 3.63) is 22.4 Å². The minimum atomic E-state index is 0.102. The number of nitrogens with zero attached hydrogens (tertiary/aromatic N) is 1. The van der Waals surface area contributed by atoms with Crippen molar-refractivity contribution in [3.63, 3.8) is 0 Å².